The van der Waals surface area contributed by atoms with Crippen LogP contribution in [-0.4, -0.2) is 22.6 Å². The molecule has 5 nitrogen and oxygen atoms in total. The molecule has 7 heteroatoms. The average Bonchev–Trinajstić information content (AvgIpc) is 2.74. The van der Waals surface area contributed by atoms with E-state index in [0.29, 0.717) is 33.3 Å². The van der Waals surface area contributed by atoms with Crippen LogP contribution < -0.4 is 13.8 Å². The highest BCUT2D eigenvalue weighted by molar-refractivity contribution is 7.93. The van der Waals surface area contributed by atoms with Crippen LogP contribution in [0.2, 0.25) is 5.02 Å². The van der Waals surface area contributed by atoms with Crippen molar-refractivity contribution < 1.29 is 17.9 Å². The van der Waals surface area contributed by atoms with Crippen LogP contribution >= 0.6 is 11.6 Å². The molecule has 0 aliphatic carbocycles. The molecular formula is C22H18ClNO4S. The Morgan fingerprint density at radius 3 is 2.14 bits per heavy atom. The molecule has 0 fully saturated rings. The molecule has 3 aromatic rings. The van der Waals surface area contributed by atoms with E-state index in [0.717, 1.165) is 5.56 Å². The van der Waals surface area contributed by atoms with Crippen molar-refractivity contribution in [2.75, 3.05) is 18.5 Å². The fraction of sp³-hybridized carbons (Fsp3) is 0.0909. The quantitative estimate of drug-likeness (QED) is 0.590. The molecule has 0 saturated carbocycles. The van der Waals surface area contributed by atoms with Crippen molar-refractivity contribution in [1.82, 2.24) is 0 Å². The van der Waals surface area contributed by atoms with Crippen LogP contribution in [-0.2, 0) is 10.0 Å². The number of sulfonamides is 1. The third-order valence-electron chi connectivity index (χ3n) is 4.71. The minimum absolute atomic E-state index is 0.208. The van der Waals surface area contributed by atoms with Gasteiger partial charge in [0, 0.05) is 23.4 Å². The molecule has 0 radical (unpaired) electrons. The number of anilines is 1. The molecule has 0 bridgehead atoms. The van der Waals surface area contributed by atoms with Crippen LogP contribution in [0.25, 0.3) is 5.57 Å². The predicted octanol–water partition coefficient (Wildman–Crippen LogP) is 4.96. The summed E-state index contributed by atoms with van der Waals surface area (Å²) in [5.74, 6) is 1.21. The Bertz CT molecular complexity index is 1200. The molecule has 0 spiro atoms. The largest absolute Gasteiger partial charge is 0.497 e. The summed E-state index contributed by atoms with van der Waals surface area (Å²) in [6.45, 7) is 0. The van der Waals surface area contributed by atoms with E-state index >= 15 is 0 Å². The van der Waals surface area contributed by atoms with E-state index in [2.05, 4.69) is 0 Å². The van der Waals surface area contributed by atoms with Gasteiger partial charge in [0.2, 0.25) is 0 Å². The van der Waals surface area contributed by atoms with E-state index in [4.69, 9.17) is 21.1 Å². The number of nitrogens with zero attached hydrogens (tertiary/aromatic N) is 1. The fourth-order valence-electron chi connectivity index (χ4n) is 3.30. The van der Waals surface area contributed by atoms with Crippen LogP contribution in [0, 0.1) is 0 Å². The van der Waals surface area contributed by atoms with Gasteiger partial charge >= 0.3 is 0 Å². The first-order valence-electron chi connectivity index (χ1n) is 8.79. The molecule has 0 aromatic heterocycles. The van der Waals surface area contributed by atoms with Crippen molar-refractivity contribution in [3.05, 3.63) is 89.1 Å². The van der Waals surface area contributed by atoms with Crippen LogP contribution in [0.15, 0.2) is 77.8 Å². The number of halogens is 1. The summed E-state index contributed by atoms with van der Waals surface area (Å²) in [6.07, 6.45) is 1.59. The van der Waals surface area contributed by atoms with Gasteiger partial charge < -0.3 is 9.47 Å². The lowest BCUT2D eigenvalue weighted by molar-refractivity contribution is 0.394. The van der Waals surface area contributed by atoms with Crippen LogP contribution in [0.3, 0.4) is 0 Å². The normalized spacial score (nSPS) is 14.7. The van der Waals surface area contributed by atoms with E-state index in [9.17, 15) is 8.42 Å². The van der Waals surface area contributed by atoms with Crippen molar-refractivity contribution >= 4 is 32.9 Å². The summed E-state index contributed by atoms with van der Waals surface area (Å²) < 4.78 is 38.7. The second kappa shape index (κ2) is 7.46. The van der Waals surface area contributed by atoms with Crippen molar-refractivity contribution in [3.8, 4) is 11.5 Å². The highest BCUT2D eigenvalue weighted by Crippen LogP contribution is 2.41. The second-order valence-electron chi connectivity index (χ2n) is 6.39. The molecule has 0 N–H and O–H groups in total. The van der Waals surface area contributed by atoms with Gasteiger partial charge in [-0.25, -0.2) is 12.7 Å². The molecular weight excluding hydrogens is 410 g/mol. The van der Waals surface area contributed by atoms with E-state index in [1.165, 1.54) is 4.31 Å². The van der Waals surface area contributed by atoms with E-state index < -0.39 is 10.0 Å². The Morgan fingerprint density at radius 1 is 0.862 bits per heavy atom. The van der Waals surface area contributed by atoms with E-state index in [-0.39, 0.29) is 4.90 Å². The second-order valence-corrected chi connectivity index (χ2v) is 8.58. The van der Waals surface area contributed by atoms with Crippen LogP contribution in [0.1, 0.15) is 11.1 Å². The number of fused-ring (bicyclic) bond motifs is 1. The summed E-state index contributed by atoms with van der Waals surface area (Å²) in [5.41, 5.74) is 2.47. The van der Waals surface area contributed by atoms with Crippen molar-refractivity contribution in [2.45, 2.75) is 4.90 Å². The highest BCUT2D eigenvalue weighted by atomic mass is 35.5. The number of methoxy groups -OCH3 is 2. The Kier molecular flexibility index (Phi) is 4.98. The zero-order valence-electron chi connectivity index (χ0n) is 15.8. The summed E-state index contributed by atoms with van der Waals surface area (Å²) in [4.78, 5) is 0.208. The summed E-state index contributed by atoms with van der Waals surface area (Å²) in [7, 11) is -0.677. The number of ether oxygens (including phenoxy) is 2. The average molecular weight is 428 g/mol. The predicted molar refractivity (Wildman–Crippen MR) is 114 cm³/mol. The minimum Gasteiger partial charge on any atom is -0.497 e. The SMILES string of the molecule is COc1cc(OC)cc(C2=CN(c3ccccc3Cl)S(=O)(=O)c3ccccc32)c1. The van der Waals surface area contributed by atoms with Crippen molar-refractivity contribution in [1.29, 1.82) is 0 Å². The lowest BCUT2D eigenvalue weighted by Crippen LogP contribution is -2.30. The zero-order valence-corrected chi connectivity index (χ0v) is 17.4. The first-order valence-corrected chi connectivity index (χ1v) is 10.6. The van der Waals surface area contributed by atoms with Gasteiger partial charge in [0.05, 0.1) is 29.8 Å². The Morgan fingerprint density at radius 2 is 1.48 bits per heavy atom. The van der Waals surface area contributed by atoms with Gasteiger partial charge in [0.15, 0.2) is 0 Å². The first-order chi connectivity index (χ1) is 14.0. The van der Waals surface area contributed by atoms with Gasteiger partial charge in [-0.3, -0.25) is 0 Å². The molecule has 1 heterocycles. The number of para-hydroxylation sites is 1. The van der Waals surface area contributed by atoms with Gasteiger partial charge in [-0.15, -0.1) is 0 Å². The molecule has 148 valence electrons. The van der Waals surface area contributed by atoms with Gasteiger partial charge in [-0.1, -0.05) is 41.9 Å². The molecule has 1 aliphatic rings. The summed E-state index contributed by atoms with van der Waals surface area (Å²) in [6, 6.07) is 19.2. The molecule has 3 aromatic carbocycles. The smallest absolute Gasteiger partial charge is 0.268 e. The molecule has 0 unspecified atom stereocenters. The summed E-state index contributed by atoms with van der Waals surface area (Å²) in [5, 5.41) is 0.342. The molecule has 4 rings (SSSR count). The van der Waals surface area contributed by atoms with Crippen LogP contribution in [0.5, 0.6) is 11.5 Å². The van der Waals surface area contributed by atoms with E-state index in [1.807, 2.05) is 18.2 Å². The minimum atomic E-state index is -3.82. The number of rotatable bonds is 4. The first kappa shape index (κ1) is 19.4. The van der Waals surface area contributed by atoms with E-state index in [1.54, 1.807) is 69.0 Å². The van der Waals surface area contributed by atoms with Gasteiger partial charge in [0.25, 0.3) is 10.0 Å². The van der Waals surface area contributed by atoms with Gasteiger partial charge in [0.1, 0.15) is 11.5 Å². The Labute approximate surface area is 174 Å². The lowest BCUT2D eigenvalue weighted by atomic mass is 9.98. The number of benzene rings is 3. The van der Waals surface area contributed by atoms with Crippen molar-refractivity contribution in [2.24, 2.45) is 0 Å². The highest BCUT2D eigenvalue weighted by Gasteiger charge is 2.33. The molecule has 29 heavy (non-hydrogen) atoms. The third-order valence-corrected chi connectivity index (χ3v) is 6.76. The Hall–Kier alpha value is -2.96. The topological polar surface area (TPSA) is 55.8 Å². The Balaban J connectivity index is 2.01. The van der Waals surface area contributed by atoms with Crippen LogP contribution in [0.4, 0.5) is 5.69 Å². The monoisotopic (exact) mass is 427 g/mol. The molecule has 0 amide bonds. The third kappa shape index (κ3) is 3.34. The number of hydrogen-bond acceptors (Lipinski definition) is 4. The molecule has 0 atom stereocenters. The maximum Gasteiger partial charge on any atom is 0.268 e. The maximum absolute atomic E-state index is 13.4. The summed E-state index contributed by atoms with van der Waals surface area (Å²) >= 11 is 6.33. The van der Waals surface area contributed by atoms with Gasteiger partial charge in [-0.05, 0) is 35.9 Å². The standard InChI is InChI=1S/C22H18ClNO4S/c1-27-16-11-15(12-17(13-16)28-2)19-14-24(21-9-5-4-8-20(21)23)29(25,26)22-10-6-3-7-18(19)22/h3-14H,1-2H3. The maximum atomic E-state index is 13.4. The lowest BCUT2D eigenvalue weighted by Gasteiger charge is -2.29. The molecule has 0 saturated heterocycles. The zero-order chi connectivity index (χ0) is 20.6. The van der Waals surface area contributed by atoms with Gasteiger partial charge in [-0.2, -0.15) is 0 Å². The number of hydrogen-bond donors (Lipinski definition) is 0. The fourth-order valence-corrected chi connectivity index (χ4v) is 5.16. The van der Waals surface area contributed by atoms with Crippen molar-refractivity contribution in [3.63, 3.8) is 0 Å². The molecule has 1 aliphatic heterocycles.